The predicted octanol–water partition coefficient (Wildman–Crippen LogP) is 8.40. The van der Waals surface area contributed by atoms with Crippen LogP contribution in [0.15, 0.2) is 114 Å². The van der Waals surface area contributed by atoms with E-state index in [1.54, 1.807) is 24.4 Å². The van der Waals surface area contributed by atoms with Gasteiger partial charge in [-0.05, 0) is 115 Å². The fourth-order valence-corrected chi connectivity index (χ4v) is 8.90. The highest BCUT2D eigenvalue weighted by Gasteiger charge is 2.31. The number of nitro groups is 1. The van der Waals surface area contributed by atoms with Crippen molar-refractivity contribution in [1.82, 2.24) is 14.7 Å². The largest absolute Gasteiger partial charge is 0.455 e. The van der Waals surface area contributed by atoms with Gasteiger partial charge in [-0.15, -0.1) is 0 Å². The van der Waals surface area contributed by atoms with Crippen LogP contribution in [0.3, 0.4) is 0 Å². The molecule has 4 heterocycles. The molecule has 14 nitrogen and oxygen atoms in total. The number of H-pyrrole nitrogens is 1. The molecule has 59 heavy (non-hydrogen) atoms. The van der Waals surface area contributed by atoms with Crippen molar-refractivity contribution in [2.45, 2.75) is 42.9 Å². The van der Waals surface area contributed by atoms with Crippen molar-refractivity contribution in [1.29, 1.82) is 0 Å². The number of rotatable bonds is 13. The summed E-state index contributed by atoms with van der Waals surface area (Å²) in [5, 5.41) is 20.6. The molecule has 4 aromatic carbocycles. The quantitative estimate of drug-likeness (QED) is 0.0755. The number of nitro benzene ring substituents is 1. The topological polar surface area (TPSA) is 172 Å². The third-order valence-corrected chi connectivity index (χ3v) is 12.5. The van der Waals surface area contributed by atoms with Crippen molar-refractivity contribution in [2.24, 2.45) is 5.92 Å². The molecule has 302 valence electrons. The summed E-state index contributed by atoms with van der Waals surface area (Å²) in [5.41, 5.74) is 5.68. The number of hydrogen-bond acceptors (Lipinski definition) is 11. The van der Waals surface area contributed by atoms with Gasteiger partial charge in [0.1, 0.15) is 22.8 Å². The van der Waals surface area contributed by atoms with E-state index in [-0.39, 0.29) is 22.9 Å². The maximum atomic E-state index is 13.9. The van der Waals surface area contributed by atoms with Crippen molar-refractivity contribution in [2.75, 3.05) is 48.2 Å². The molecule has 15 heteroatoms. The highest BCUT2D eigenvalue weighted by Crippen LogP contribution is 2.45. The molecule has 1 aliphatic carbocycles. The number of ether oxygens (including phenoxy) is 2. The van der Waals surface area contributed by atoms with Crippen molar-refractivity contribution in [3.8, 4) is 22.6 Å². The normalized spacial score (nSPS) is 16.0. The molecular formula is C44H43N7O7S. The number of amides is 1. The molecule has 3 aliphatic rings. The summed E-state index contributed by atoms with van der Waals surface area (Å²) >= 11 is 0. The summed E-state index contributed by atoms with van der Waals surface area (Å²) < 4.78 is 41.1. The molecule has 2 saturated heterocycles. The summed E-state index contributed by atoms with van der Waals surface area (Å²) in [4.78, 5) is 32.3. The molecule has 0 bridgehead atoms. The smallest absolute Gasteiger partial charge is 0.293 e. The van der Waals surface area contributed by atoms with Gasteiger partial charge in [-0.25, -0.2) is 18.1 Å². The average molecular weight is 814 g/mol. The van der Waals surface area contributed by atoms with Crippen molar-refractivity contribution in [3.63, 3.8) is 0 Å². The Labute approximate surface area is 341 Å². The van der Waals surface area contributed by atoms with Crippen LogP contribution in [0.1, 0.15) is 53.9 Å². The zero-order valence-electron chi connectivity index (χ0n) is 32.2. The van der Waals surface area contributed by atoms with Crippen molar-refractivity contribution < 1.29 is 27.6 Å². The molecule has 0 unspecified atom stereocenters. The van der Waals surface area contributed by atoms with Crippen LogP contribution in [0.2, 0.25) is 0 Å². The standard InChI is InChI=1S/C44H43N7O7S/c52-44(48-59(55,56)36-13-15-39(41(26-36)51(53)54)46-27-29-17-22-57-23-18-29)38-14-10-32(25-42(38)58-35-24-33-16-19-45-43(33)47-28-35)30-8-11-34(12-9-30)49-20-3-21-50(49)40-5-2-1-4-37(40)31-6-7-31/h1-2,4-5,8-16,19,24-26,28-29,31,46H,3,6-7,17-18,20-23,27H2,(H,45,47)(H,48,52). The number of nitrogens with one attached hydrogen (secondary N) is 3. The van der Waals surface area contributed by atoms with Gasteiger partial charge in [0.2, 0.25) is 0 Å². The van der Waals surface area contributed by atoms with Gasteiger partial charge >= 0.3 is 0 Å². The van der Waals surface area contributed by atoms with Gasteiger partial charge in [0.25, 0.3) is 21.6 Å². The number of pyridine rings is 1. The second-order valence-corrected chi connectivity index (χ2v) is 16.9. The fourth-order valence-electron chi connectivity index (χ4n) is 7.91. The molecule has 0 radical (unpaired) electrons. The lowest BCUT2D eigenvalue weighted by molar-refractivity contribution is -0.384. The lowest BCUT2D eigenvalue weighted by Crippen LogP contribution is -2.37. The van der Waals surface area contributed by atoms with Gasteiger partial charge in [0, 0.05) is 50.5 Å². The Bertz CT molecular complexity index is 2640. The Hall–Kier alpha value is -6.45. The second kappa shape index (κ2) is 16.1. The molecule has 1 saturated carbocycles. The van der Waals surface area contributed by atoms with Gasteiger partial charge in [0.15, 0.2) is 0 Å². The van der Waals surface area contributed by atoms with E-state index in [4.69, 9.17) is 9.47 Å². The molecule has 6 aromatic rings. The Kier molecular flexibility index (Phi) is 10.4. The summed E-state index contributed by atoms with van der Waals surface area (Å²) in [7, 11) is -4.56. The molecule has 9 rings (SSSR count). The number of hydrazine groups is 1. The number of aromatic amines is 1. The third-order valence-electron chi connectivity index (χ3n) is 11.2. The van der Waals surface area contributed by atoms with Gasteiger partial charge in [-0.2, -0.15) is 0 Å². The Morgan fingerprint density at radius 3 is 2.49 bits per heavy atom. The Balaban J connectivity index is 0.980. The number of carbonyl (C=O) groups excluding carboxylic acids is 1. The van der Waals surface area contributed by atoms with Crippen LogP contribution < -0.4 is 24.8 Å². The SMILES string of the molecule is O=C(NS(=O)(=O)c1ccc(NCC2CCOCC2)c([N+](=O)[O-])c1)c1ccc(-c2ccc(N3CCCN3c3ccccc3C3CC3)cc2)cc1Oc1cnc2[nH]ccc2c1. The number of aromatic nitrogens is 2. The summed E-state index contributed by atoms with van der Waals surface area (Å²) in [6.07, 6.45) is 8.41. The van der Waals surface area contributed by atoms with Crippen molar-refractivity contribution in [3.05, 3.63) is 131 Å². The Morgan fingerprint density at radius 1 is 0.915 bits per heavy atom. The maximum absolute atomic E-state index is 13.9. The second-order valence-electron chi connectivity index (χ2n) is 15.2. The number of sulfonamides is 1. The predicted molar refractivity (Wildman–Crippen MR) is 226 cm³/mol. The summed E-state index contributed by atoms with van der Waals surface area (Å²) in [6, 6.07) is 28.9. The number of hydrogen-bond donors (Lipinski definition) is 3. The zero-order valence-corrected chi connectivity index (χ0v) is 33.0. The minimum atomic E-state index is -4.56. The van der Waals surface area contributed by atoms with E-state index < -0.39 is 31.4 Å². The van der Waals surface area contributed by atoms with E-state index in [0.717, 1.165) is 60.6 Å². The molecule has 0 spiro atoms. The first-order valence-electron chi connectivity index (χ1n) is 19.9. The maximum Gasteiger partial charge on any atom is 0.293 e. The highest BCUT2D eigenvalue weighted by molar-refractivity contribution is 7.90. The fraction of sp³-hybridized carbons (Fsp3) is 0.273. The molecular weight excluding hydrogens is 771 g/mol. The average Bonchev–Trinajstić information content (AvgIpc) is 3.79. The number of nitrogens with zero attached hydrogens (tertiary/aromatic N) is 4. The molecule has 0 atom stereocenters. The molecule has 2 aliphatic heterocycles. The molecule has 3 N–H and O–H groups in total. The van der Waals surface area contributed by atoms with E-state index in [2.05, 4.69) is 66.4 Å². The molecule has 3 fully saturated rings. The van der Waals surface area contributed by atoms with Crippen LogP contribution in [-0.2, 0) is 14.8 Å². The minimum Gasteiger partial charge on any atom is -0.455 e. The summed E-state index contributed by atoms with van der Waals surface area (Å²) in [5.74, 6) is 0.358. The molecule has 1 amide bonds. The van der Waals surface area contributed by atoms with Crippen LogP contribution >= 0.6 is 0 Å². The van der Waals surface area contributed by atoms with Crippen LogP contribution in [0.25, 0.3) is 22.2 Å². The van der Waals surface area contributed by atoms with Crippen molar-refractivity contribution >= 4 is 49.7 Å². The lowest BCUT2D eigenvalue weighted by Gasteiger charge is -2.33. The monoisotopic (exact) mass is 813 g/mol. The van der Waals surface area contributed by atoms with E-state index >= 15 is 0 Å². The van der Waals surface area contributed by atoms with Gasteiger partial charge in [-0.3, -0.25) is 24.9 Å². The van der Waals surface area contributed by atoms with Crippen LogP contribution in [0, 0.1) is 16.0 Å². The third kappa shape index (κ3) is 8.16. The number of fused-ring (bicyclic) bond motifs is 1. The van der Waals surface area contributed by atoms with E-state index in [9.17, 15) is 23.3 Å². The molecule has 2 aromatic heterocycles. The van der Waals surface area contributed by atoms with Gasteiger partial charge in [0.05, 0.1) is 33.0 Å². The number of para-hydroxylation sites is 1. The highest BCUT2D eigenvalue weighted by atomic mass is 32.2. The Morgan fingerprint density at radius 2 is 1.69 bits per heavy atom. The lowest BCUT2D eigenvalue weighted by atomic mass is 10.0. The summed E-state index contributed by atoms with van der Waals surface area (Å²) in [6.45, 7) is 3.57. The number of carbonyl (C=O) groups is 1. The number of benzene rings is 4. The zero-order chi connectivity index (χ0) is 40.5. The first kappa shape index (κ1) is 38.1. The van der Waals surface area contributed by atoms with Gasteiger partial charge < -0.3 is 19.8 Å². The van der Waals surface area contributed by atoms with Crippen LogP contribution in [0.5, 0.6) is 11.5 Å². The van der Waals surface area contributed by atoms with Gasteiger partial charge in [-0.1, -0.05) is 36.4 Å². The first-order chi connectivity index (χ1) is 28.7. The first-order valence-corrected chi connectivity index (χ1v) is 21.3. The minimum absolute atomic E-state index is 0.0607. The number of anilines is 3. The van der Waals surface area contributed by atoms with E-state index in [1.165, 1.54) is 48.5 Å². The van der Waals surface area contributed by atoms with E-state index in [0.29, 0.717) is 37.1 Å². The van der Waals surface area contributed by atoms with Crippen LogP contribution in [-0.4, -0.2) is 62.1 Å². The van der Waals surface area contributed by atoms with E-state index in [1.807, 2.05) is 18.2 Å². The van der Waals surface area contributed by atoms with Crippen LogP contribution in [0.4, 0.5) is 22.7 Å².